The topological polar surface area (TPSA) is 67.6 Å². The van der Waals surface area contributed by atoms with Gasteiger partial charge in [-0.2, -0.15) is 5.10 Å². The summed E-state index contributed by atoms with van der Waals surface area (Å²) in [5.74, 6) is 0.0706. The van der Waals surface area contributed by atoms with E-state index in [1.165, 1.54) is 0 Å². The zero-order chi connectivity index (χ0) is 20.2. The SMILES string of the molecule is O=C(O)CCCN1CCCC1COc1ccc(-n2nc3ccccc3c2Cl)cc1. The Bertz CT molecular complexity index is 987. The lowest BCUT2D eigenvalue weighted by Gasteiger charge is -2.24. The van der Waals surface area contributed by atoms with Gasteiger partial charge in [-0.15, -0.1) is 0 Å². The Morgan fingerprint density at radius 3 is 2.76 bits per heavy atom. The molecule has 7 heteroatoms. The monoisotopic (exact) mass is 413 g/mol. The van der Waals surface area contributed by atoms with Gasteiger partial charge in [0.15, 0.2) is 0 Å². The van der Waals surface area contributed by atoms with Gasteiger partial charge in [-0.05, 0) is 68.8 Å². The summed E-state index contributed by atoms with van der Waals surface area (Å²) in [6, 6.07) is 15.9. The van der Waals surface area contributed by atoms with Gasteiger partial charge >= 0.3 is 5.97 Å². The van der Waals surface area contributed by atoms with Crippen molar-refractivity contribution in [2.75, 3.05) is 19.7 Å². The third kappa shape index (κ3) is 4.54. The maximum atomic E-state index is 10.7. The average molecular weight is 414 g/mol. The van der Waals surface area contributed by atoms with Gasteiger partial charge in [-0.25, -0.2) is 4.68 Å². The summed E-state index contributed by atoms with van der Waals surface area (Å²) < 4.78 is 7.74. The summed E-state index contributed by atoms with van der Waals surface area (Å²) in [6.07, 6.45) is 3.11. The number of nitrogens with zero attached hydrogens (tertiary/aromatic N) is 3. The summed E-state index contributed by atoms with van der Waals surface area (Å²) in [7, 11) is 0. The Morgan fingerprint density at radius 1 is 1.21 bits per heavy atom. The Morgan fingerprint density at radius 2 is 2.00 bits per heavy atom. The molecule has 6 nitrogen and oxygen atoms in total. The molecule has 0 spiro atoms. The summed E-state index contributed by atoms with van der Waals surface area (Å²) in [5, 5.41) is 14.9. The molecule has 0 aliphatic carbocycles. The minimum Gasteiger partial charge on any atom is -0.492 e. The number of likely N-dealkylation sites (tertiary alicyclic amines) is 1. The molecule has 2 heterocycles. The number of carbonyl (C=O) groups is 1. The molecule has 0 bridgehead atoms. The molecule has 1 saturated heterocycles. The van der Waals surface area contributed by atoms with E-state index >= 15 is 0 Å². The molecule has 1 aromatic heterocycles. The van der Waals surface area contributed by atoms with Crippen LogP contribution in [0.2, 0.25) is 5.15 Å². The number of hydrogen-bond acceptors (Lipinski definition) is 4. The van der Waals surface area contributed by atoms with E-state index in [0.717, 1.165) is 48.3 Å². The fourth-order valence-corrected chi connectivity index (χ4v) is 4.15. The molecule has 2 aromatic carbocycles. The second kappa shape index (κ2) is 8.84. The number of rotatable bonds is 8. The zero-order valence-corrected chi connectivity index (χ0v) is 16.9. The molecule has 1 N–H and O–H groups in total. The van der Waals surface area contributed by atoms with Crippen molar-refractivity contribution in [3.63, 3.8) is 0 Å². The molecular weight excluding hydrogens is 390 g/mol. The van der Waals surface area contributed by atoms with E-state index in [1.54, 1.807) is 4.68 Å². The Hall–Kier alpha value is -2.57. The van der Waals surface area contributed by atoms with Crippen molar-refractivity contribution in [1.29, 1.82) is 0 Å². The van der Waals surface area contributed by atoms with E-state index in [1.807, 2.05) is 48.5 Å². The van der Waals surface area contributed by atoms with E-state index < -0.39 is 5.97 Å². The lowest BCUT2D eigenvalue weighted by Crippen LogP contribution is -2.35. The highest BCUT2D eigenvalue weighted by Gasteiger charge is 2.24. The average Bonchev–Trinajstić information content (AvgIpc) is 3.31. The smallest absolute Gasteiger partial charge is 0.303 e. The molecule has 1 atom stereocenters. The van der Waals surface area contributed by atoms with E-state index in [0.29, 0.717) is 24.2 Å². The number of ether oxygens (including phenoxy) is 1. The summed E-state index contributed by atoms with van der Waals surface area (Å²) in [4.78, 5) is 13.0. The number of aliphatic carboxylic acids is 1. The zero-order valence-electron chi connectivity index (χ0n) is 16.1. The summed E-state index contributed by atoms with van der Waals surface area (Å²) in [5.41, 5.74) is 1.75. The molecule has 1 aliphatic rings. The number of aromatic nitrogens is 2. The Balaban J connectivity index is 1.37. The molecule has 29 heavy (non-hydrogen) atoms. The van der Waals surface area contributed by atoms with Gasteiger partial charge in [-0.1, -0.05) is 23.7 Å². The maximum Gasteiger partial charge on any atom is 0.303 e. The van der Waals surface area contributed by atoms with Crippen LogP contribution in [-0.2, 0) is 4.79 Å². The first-order valence-corrected chi connectivity index (χ1v) is 10.3. The Labute approximate surface area is 174 Å². The molecule has 0 amide bonds. The van der Waals surface area contributed by atoms with Gasteiger partial charge in [0.1, 0.15) is 17.5 Å². The fourth-order valence-electron chi connectivity index (χ4n) is 3.86. The second-order valence-electron chi connectivity index (χ2n) is 7.35. The minimum atomic E-state index is -0.734. The standard InChI is InChI=1S/C22H24ClN3O3/c23-22-19-6-1-2-7-20(19)24-26(22)16-9-11-18(12-10-16)29-15-17-5-3-13-25(17)14-4-8-21(27)28/h1-2,6-7,9-12,17H,3-5,8,13-15H2,(H,27,28). The van der Waals surface area contributed by atoms with Crippen LogP contribution in [0.3, 0.4) is 0 Å². The van der Waals surface area contributed by atoms with Crippen molar-refractivity contribution in [3.8, 4) is 11.4 Å². The number of halogens is 1. The van der Waals surface area contributed by atoms with Crippen LogP contribution < -0.4 is 4.74 Å². The van der Waals surface area contributed by atoms with Gasteiger partial charge in [0.2, 0.25) is 0 Å². The van der Waals surface area contributed by atoms with Crippen molar-refractivity contribution < 1.29 is 14.6 Å². The molecule has 152 valence electrons. The highest BCUT2D eigenvalue weighted by molar-refractivity contribution is 6.34. The number of fused-ring (bicyclic) bond motifs is 1. The highest BCUT2D eigenvalue weighted by Crippen LogP contribution is 2.27. The molecule has 1 aliphatic heterocycles. The van der Waals surface area contributed by atoms with Crippen LogP contribution >= 0.6 is 11.6 Å². The number of carboxylic acids is 1. The van der Waals surface area contributed by atoms with E-state index in [-0.39, 0.29) is 6.42 Å². The number of benzene rings is 2. The second-order valence-corrected chi connectivity index (χ2v) is 7.71. The maximum absolute atomic E-state index is 10.7. The van der Waals surface area contributed by atoms with Crippen LogP contribution in [-0.4, -0.2) is 51.5 Å². The summed E-state index contributed by atoms with van der Waals surface area (Å²) in [6.45, 7) is 2.43. The predicted molar refractivity (Wildman–Crippen MR) is 113 cm³/mol. The van der Waals surface area contributed by atoms with E-state index in [2.05, 4.69) is 10.00 Å². The van der Waals surface area contributed by atoms with Gasteiger partial charge in [0.25, 0.3) is 0 Å². The van der Waals surface area contributed by atoms with Crippen molar-refractivity contribution in [3.05, 3.63) is 53.7 Å². The minimum absolute atomic E-state index is 0.219. The molecular formula is C22H24ClN3O3. The predicted octanol–water partition coefficient (Wildman–Crippen LogP) is 4.39. The van der Waals surface area contributed by atoms with Crippen molar-refractivity contribution in [2.24, 2.45) is 0 Å². The fraction of sp³-hybridized carbons (Fsp3) is 0.364. The van der Waals surface area contributed by atoms with Crippen LogP contribution in [0.15, 0.2) is 48.5 Å². The largest absolute Gasteiger partial charge is 0.492 e. The first kappa shape index (κ1) is 19.7. The van der Waals surface area contributed by atoms with Crippen LogP contribution in [0.4, 0.5) is 0 Å². The first-order chi connectivity index (χ1) is 14.1. The van der Waals surface area contributed by atoms with Gasteiger partial charge < -0.3 is 9.84 Å². The van der Waals surface area contributed by atoms with Crippen LogP contribution in [0.1, 0.15) is 25.7 Å². The van der Waals surface area contributed by atoms with Crippen LogP contribution in [0.25, 0.3) is 16.6 Å². The van der Waals surface area contributed by atoms with Gasteiger partial charge in [0, 0.05) is 17.8 Å². The van der Waals surface area contributed by atoms with Gasteiger partial charge in [0.05, 0.1) is 11.2 Å². The van der Waals surface area contributed by atoms with Gasteiger partial charge in [-0.3, -0.25) is 9.69 Å². The van der Waals surface area contributed by atoms with Crippen LogP contribution in [0, 0.1) is 0 Å². The quantitative estimate of drug-likeness (QED) is 0.593. The van der Waals surface area contributed by atoms with Crippen molar-refractivity contribution in [2.45, 2.75) is 31.7 Å². The van der Waals surface area contributed by atoms with Crippen LogP contribution in [0.5, 0.6) is 5.75 Å². The lowest BCUT2D eigenvalue weighted by molar-refractivity contribution is -0.137. The molecule has 0 saturated carbocycles. The molecule has 1 fully saturated rings. The lowest BCUT2D eigenvalue weighted by atomic mass is 10.2. The summed E-state index contributed by atoms with van der Waals surface area (Å²) >= 11 is 6.48. The first-order valence-electron chi connectivity index (χ1n) is 9.94. The van der Waals surface area contributed by atoms with E-state index in [9.17, 15) is 4.79 Å². The Kier molecular flexibility index (Phi) is 6.02. The molecule has 3 aromatic rings. The molecule has 0 radical (unpaired) electrons. The van der Waals surface area contributed by atoms with E-state index in [4.69, 9.17) is 21.4 Å². The molecule has 4 rings (SSSR count). The third-order valence-corrected chi connectivity index (χ3v) is 5.74. The highest BCUT2D eigenvalue weighted by atomic mass is 35.5. The van der Waals surface area contributed by atoms with Crippen molar-refractivity contribution in [1.82, 2.24) is 14.7 Å². The molecule has 1 unspecified atom stereocenters. The number of hydrogen-bond donors (Lipinski definition) is 1. The number of carboxylic acid groups (broad SMARTS) is 1. The van der Waals surface area contributed by atoms with Crippen molar-refractivity contribution >= 4 is 28.5 Å². The normalized spacial score (nSPS) is 17.1. The third-order valence-electron chi connectivity index (χ3n) is 5.38.